The third-order valence-electron chi connectivity index (χ3n) is 2.78. The lowest BCUT2D eigenvalue weighted by Gasteiger charge is -2.10. The van der Waals surface area contributed by atoms with Gasteiger partial charge in [-0.15, -0.1) is 0 Å². The number of anilines is 1. The highest BCUT2D eigenvalue weighted by Gasteiger charge is 2.09. The van der Waals surface area contributed by atoms with E-state index in [1.807, 2.05) is 37.3 Å². The van der Waals surface area contributed by atoms with Crippen molar-refractivity contribution in [3.05, 3.63) is 63.6 Å². The second-order valence-corrected chi connectivity index (χ2v) is 5.25. The summed E-state index contributed by atoms with van der Waals surface area (Å²) in [6.45, 7) is 2.47. The molecular weight excluding hydrogens is 306 g/mol. The SMILES string of the molecule is Cc1ccc(NCc2cccc(Br)c2)c(C(=O)O)c1. The van der Waals surface area contributed by atoms with E-state index in [-0.39, 0.29) is 0 Å². The largest absolute Gasteiger partial charge is 0.478 e. The zero-order chi connectivity index (χ0) is 13.8. The Labute approximate surface area is 120 Å². The predicted octanol–water partition coefficient (Wildman–Crippen LogP) is 4.07. The fraction of sp³-hybridized carbons (Fsp3) is 0.133. The van der Waals surface area contributed by atoms with E-state index < -0.39 is 5.97 Å². The number of hydrogen-bond donors (Lipinski definition) is 2. The average molecular weight is 320 g/mol. The number of nitrogens with one attached hydrogen (secondary N) is 1. The van der Waals surface area contributed by atoms with Crippen LogP contribution in [0, 0.1) is 6.92 Å². The van der Waals surface area contributed by atoms with Gasteiger partial charge in [0.15, 0.2) is 0 Å². The highest BCUT2D eigenvalue weighted by atomic mass is 79.9. The van der Waals surface area contributed by atoms with Crippen LogP contribution in [0.15, 0.2) is 46.9 Å². The lowest BCUT2D eigenvalue weighted by Crippen LogP contribution is -2.06. The minimum Gasteiger partial charge on any atom is -0.478 e. The van der Waals surface area contributed by atoms with Gasteiger partial charge in [0, 0.05) is 16.7 Å². The summed E-state index contributed by atoms with van der Waals surface area (Å²) >= 11 is 3.41. The highest BCUT2D eigenvalue weighted by Crippen LogP contribution is 2.19. The predicted molar refractivity (Wildman–Crippen MR) is 79.6 cm³/mol. The monoisotopic (exact) mass is 319 g/mol. The molecule has 2 aromatic carbocycles. The topological polar surface area (TPSA) is 49.3 Å². The van der Waals surface area contributed by atoms with Crippen LogP contribution in [0.4, 0.5) is 5.69 Å². The van der Waals surface area contributed by atoms with Crippen LogP contribution in [-0.2, 0) is 6.54 Å². The first-order valence-corrected chi connectivity index (χ1v) is 6.68. The molecule has 0 fully saturated rings. The molecule has 0 aliphatic rings. The maximum absolute atomic E-state index is 11.2. The Hall–Kier alpha value is -1.81. The molecule has 2 N–H and O–H groups in total. The summed E-state index contributed by atoms with van der Waals surface area (Å²) in [5, 5.41) is 12.3. The number of benzene rings is 2. The molecule has 0 aliphatic carbocycles. The Morgan fingerprint density at radius 2 is 2.05 bits per heavy atom. The molecule has 0 bridgehead atoms. The van der Waals surface area contributed by atoms with E-state index in [1.54, 1.807) is 12.1 Å². The first-order chi connectivity index (χ1) is 9.06. The maximum Gasteiger partial charge on any atom is 0.337 e. The van der Waals surface area contributed by atoms with Crippen LogP contribution in [0.25, 0.3) is 0 Å². The molecule has 0 atom stereocenters. The van der Waals surface area contributed by atoms with Gasteiger partial charge in [-0.25, -0.2) is 4.79 Å². The molecule has 98 valence electrons. The summed E-state index contributed by atoms with van der Waals surface area (Å²) in [5.74, 6) is -0.916. The molecule has 0 heterocycles. The molecule has 0 radical (unpaired) electrons. The first-order valence-electron chi connectivity index (χ1n) is 5.88. The molecule has 4 heteroatoms. The van der Waals surface area contributed by atoms with E-state index in [9.17, 15) is 9.90 Å². The third kappa shape index (κ3) is 3.58. The van der Waals surface area contributed by atoms with Crippen molar-refractivity contribution >= 4 is 27.6 Å². The van der Waals surface area contributed by atoms with Crippen molar-refractivity contribution in [2.45, 2.75) is 13.5 Å². The fourth-order valence-corrected chi connectivity index (χ4v) is 2.28. The van der Waals surface area contributed by atoms with Gasteiger partial charge in [0.1, 0.15) is 0 Å². The van der Waals surface area contributed by atoms with Crippen molar-refractivity contribution in [3.63, 3.8) is 0 Å². The smallest absolute Gasteiger partial charge is 0.337 e. The van der Waals surface area contributed by atoms with Gasteiger partial charge in [-0.3, -0.25) is 0 Å². The minimum atomic E-state index is -0.916. The van der Waals surface area contributed by atoms with E-state index in [0.29, 0.717) is 17.8 Å². The zero-order valence-corrected chi connectivity index (χ0v) is 12.1. The minimum absolute atomic E-state index is 0.301. The molecule has 0 aliphatic heterocycles. The number of hydrogen-bond acceptors (Lipinski definition) is 2. The number of aryl methyl sites for hydroxylation is 1. The van der Waals surface area contributed by atoms with Crippen molar-refractivity contribution in [2.75, 3.05) is 5.32 Å². The number of rotatable bonds is 4. The number of carboxylic acids is 1. The van der Waals surface area contributed by atoms with Crippen molar-refractivity contribution < 1.29 is 9.90 Å². The van der Waals surface area contributed by atoms with Crippen LogP contribution in [0.5, 0.6) is 0 Å². The molecule has 0 spiro atoms. The van der Waals surface area contributed by atoms with E-state index >= 15 is 0 Å². The van der Waals surface area contributed by atoms with Gasteiger partial charge in [-0.1, -0.05) is 39.7 Å². The Balaban J connectivity index is 2.17. The van der Waals surface area contributed by atoms with Gasteiger partial charge in [-0.2, -0.15) is 0 Å². The normalized spacial score (nSPS) is 10.2. The van der Waals surface area contributed by atoms with Crippen molar-refractivity contribution in [2.24, 2.45) is 0 Å². The van der Waals surface area contributed by atoms with Gasteiger partial charge in [0.25, 0.3) is 0 Å². The Morgan fingerprint density at radius 1 is 1.26 bits per heavy atom. The number of carbonyl (C=O) groups is 1. The molecule has 0 aromatic heterocycles. The Kier molecular flexibility index (Phi) is 4.22. The average Bonchev–Trinajstić information content (AvgIpc) is 2.37. The summed E-state index contributed by atoms with van der Waals surface area (Å²) in [6.07, 6.45) is 0. The van der Waals surface area contributed by atoms with Crippen molar-refractivity contribution in [1.82, 2.24) is 0 Å². The molecule has 0 unspecified atom stereocenters. The van der Waals surface area contributed by atoms with Gasteiger partial charge in [-0.05, 0) is 36.8 Å². The molecular formula is C15H14BrNO2. The van der Waals surface area contributed by atoms with Crippen LogP contribution in [0.3, 0.4) is 0 Å². The Morgan fingerprint density at radius 3 is 2.74 bits per heavy atom. The first kappa shape index (κ1) is 13.6. The van der Waals surface area contributed by atoms with E-state index in [4.69, 9.17) is 0 Å². The van der Waals surface area contributed by atoms with Crippen LogP contribution in [-0.4, -0.2) is 11.1 Å². The van der Waals surface area contributed by atoms with Crippen molar-refractivity contribution in [1.29, 1.82) is 0 Å². The maximum atomic E-state index is 11.2. The number of carboxylic acid groups (broad SMARTS) is 1. The Bertz CT molecular complexity index is 611. The molecule has 0 saturated carbocycles. The molecule has 3 nitrogen and oxygen atoms in total. The second kappa shape index (κ2) is 5.89. The van der Waals surface area contributed by atoms with E-state index in [0.717, 1.165) is 15.6 Å². The number of halogens is 1. The van der Waals surface area contributed by atoms with Crippen LogP contribution in [0.1, 0.15) is 21.5 Å². The summed E-state index contributed by atoms with van der Waals surface area (Å²) in [6, 6.07) is 13.3. The molecule has 2 aromatic rings. The summed E-state index contributed by atoms with van der Waals surface area (Å²) in [7, 11) is 0. The van der Waals surface area contributed by atoms with Gasteiger partial charge < -0.3 is 10.4 Å². The van der Waals surface area contributed by atoms with Gasteiger partial charge in [0.2, 0.25) is 0 Å². The molecule has 0 amide bonds. The van der Waals surface area contributed by atoms with Crippen LogP contribution >= 0.6 is 15.9 Å². The third-order valence-corrected chi connectivity index (χ3v) is 3.27. The molecule has 19 heavy (non-hydrogen) atoms. The van der Waals surface area contributed by atoms with Crippen LogP contribution < -0.4 is 5.32 Å². The van der Waals surface area contributed by atoms with Gasteiger partial charge >= 0.3 is 5.97 Å². The summed E-state index contributed by atoms with van der Waals surface area (Å²) < 4.78 is 1.01. The zero-order valence-electron chi connectivity index (χ0n) is 10.5. The van der Waals surface area contributed by atoms with Gasteiger partial charge in [0.05, 0.1) is 5.56 Å². The standard InChI is InChI=1S/C15H14BrNO2/c1-10-5-6-14(13(7-10)15(18)19)17-9-11-3-2-4-12(16)8-11/h2-8,17H,9H2,1H3,(H,18,19). The van der Waals surface area contributed by atoms with Crippen LogP contribution in [0.2, 0.25) is 0 Å². The molecule has 0 saturated heterocycles. The lowest BCUT2D eigenvalue weighted by atomic mass is 10.1. The van der Waals surface area contributed by atoms with E-state index in [2.05, 4.69) is 21.2 Å². The molecule has 2 rings (SSSR count). The number of aromatic carboxylic acids is 1. The van der Waals surface area contributed by atoms with Crippen molar-refractivity contribution in [3.8, 4) is 0 Å². The van der Waals surface area contributed by atoms with E-state index in [1.165, 1.54) is 0 Å². The summed E-state index contributed by atoms with van der Waals surface area (Å²) in [4.78, 5) is 11.2. The lowest BCUT2D eigenvalue weighted by molar-refractivity contribution is 0.0698. The second-order valence-electron chi connectivity index (χ2n) is 4.34. The fourth-order valence-electron chi connectivity index (χ4n) is 1.83. The summed E-state index contributed by atoms with van der Waals surface area (Å²) in [5.41, 5.74) is 2.96. The quantitative estimate of drug-likeness (QED) is 0.893. The highest BCUT2D eigenvalue weighted by molar-refractivity contribution is 9.10.